The highest BCUT2D eigenvalue weighted by Gasteiger charge is 2.10. The van der Waals surface area contributed by atoms with Gasteiger partial charge in [-0.05, 0) is 24.5 Å². The number of allylic oxidation sites excluding steroid dienone is 1. The molecule has 1 N–H and O–H groups in total. The largest absolute Gasteiger partial charge is 0.493 e. The van der Waals surface area contributed by atoms with Crippen LogP contribution in [-0.4, -0.2) is 20.8 Å². The summed E-state index contributed by atoms with van der Waals surface area (Å²) in [5.74, 6) is 1.57. The Bertz CT molecular complexity index is 399. The zero-order valence-electron chi connectivity index (χ0n) is 9.75. The van der Waals surface area contributed by atoms with Crippen LogP contribution in [-0.2, 0) is 6.42 Å². The SMILES string of the molecule is COc1cc2c(cc1OC)NCC/C=C\C2. The van der Waals surface area contributed by atoms with Gasteiger partial charge in [0.2, 0.25) is 0 Å². The van der Waals surface area contributed by atoms with E-state index in [-0.39, 0.29) is 0 Å². The van der Waals surface area contributed by atoms with Crippen LogP contribution in [0.4, 0.5) is 5.69 Å². The Hall–Kier alpha value is -1.64. The number of benzene rings is 1. The van der Waals surface area contributed by atoms with Crippen molar-refractivity contribution in [2.75, 3.05) is 26.1 Å². The number of anilines is 1. The maximum absolute atomic E-state index is 5.30. The van der Waals surface area contributed by atoms with E-state index in [2.05, 4.69) is 17.5 Å². The molecule has 1 aromatic rings. The number of nitrogens with one attached hydrogen (secondary N) is 1. The van der Waals surface area contributed by atoms with Crippen LogP contribution in [0.5, 0.6) is 11.5 Å². The second-order valence-corrected chi connectivity index (χ2v) is 3.76. The maximum atomic E-state index is 5.30. The van der Waals surface area contributed by atoms with E-state index in [1.165, 1.54) is 5.56 Å². The molecule has 0 saturated carbocycles. The zero-order valence-corrected chi connectivity index (χ0v) is 9.75. The zero-order chi connectivity index (χ0) is 11.4. The Morgan fingerprint density at radius 1 is 1.06 bits per heavy atom. The molecule has 0 fully saturated rings. The summed E-state index contributed by atoms with van der Waals surface area (Å²) in [6.45, 7) is 0.957. The first-order valence-corrected chi connectivity index (χ1v) is 5.49. The van der Waals surface area contributed by atoms with Crippen molar-refractivity contribution in [3.05, 3.63) is 29.8 Å². The van der Waals surface area contributed by atoms with Gasteiger partial charge in [0, 0.05) is 18.3 Å². The van der Waals surface area contributed by atoms with Crippen LogP contribution in [0.25, 0.3) is 0 Å². The van der Waals surface area contributed by atoms with Crippen molar-refractivity contribution in [3.8, 4) is 11.5 Å². The summed E-state index contributed by atoms with van der Waals surface area (Å²) in [6.07, 6.45) is 6.40. The average molecular weight is 219 g/mol. The first-order valence-electron chi connectivity index (χ1n) is 5.49. The summed E-state index contributed by atoms with van der Waals surface area (Å²) in [5, 5.41) is 3.40. The van der Waals surface area contributed by atoms with Crippen LogP contribution >= 0.6 is 0 Å². The predicted octanol–water partition coefficient (Wildman–Crippen LogP) is 2.62. The Morgan fingerprint density at radius 3 is 2.56 bits per heavy atom. The fourth-order valence-corrected chi connectivity index (χ4v) is 1.87. The summed E-state index contributed by atoms with van der Waals surface area (Å²) in [6, 6.07) is 4.05. The fraction of sp³-hybridized carbons (Fsp3) is 0.385. The van der Waals surface area contributed by atoms with E-state index in [1.54, 1.807) is 14.2 Å². The number of ether oxygens (including phenoxy) is 2. The molecule has 3 heteroatoms. The number of hydrogen-bond acceptors (Lipinski definition) is 3. The molecule has 1 aliphatic heterocycles. The van der Waals surface area contributed by atoms with Crippen LogP contribution in [0.3, 0.4) is 0 Å². The van der Waals surface area contributed by atoms with Gasteiger partial charge in [-0.2, -0.15) is 0 Å². The van der Waals surface area contributed by atoms with Gasteiger partial charge in [-0.1, -0.05) is 12.2 Å². The molecule has 0 bridgehead atoms. The second-order valence-electron chi connectivity index (χ2n) is 3.76. The van der Waals surface area contributed by atoms with Crippen LogP contribution in [0.15, 0.2) is 24.3 Å². The van der Waals surface area contributed by atoms with Crippen molar-refractivity contribution in [1.82, 2.24) is 0 Å². The van der Waals surface area contributed by atoms with Crippen molar-refractivity contribution in [2.45, 2.75) is 12.8 Å². The predicted molar refractivity (Wildman–Crippen MR) is 65.5 cm³/mol. The smallest absolute Gasteiger partial charge is 0.162 e. The van der Waals surface area contributed by atoms with Gasteiger partial charge in [0.05, 0.1) is 14.2 Å². The molecule has 1 aliphatic rings. The third-order valence-electron chi connectivity index (χ3n) is 2.74. The van der Waals surface area contributed by atoms with Crippen molar-refractivity contribution in [2.24, 2.45) is 0 Å². The maximum Gasteiger partial charge on any atom is 0.162 e. The fourth-order valence-electron chi connectivity index (χ4n) is 1.87. The molecule has 2 rings (SSSR count). The second kappa shape index (κ2) is 4.92. The van der Waals surface area contributed by atoms with Crippen molar-refractivity contribution in [1.29, 1.82) is 0 Å². The average Bonchev–Trinajstić information content (AvgIpc) is 2.29. The topological polar surface area (TPSA) is 30.5 Å². The molecule has 0 unspecified atom stereocenters. The molecule has 1 heterocycles. The van der Waals surface area contributed by atoms with Crippen LogP contribution in [0.2, 0.25) is 0 Å². The normalized spacial score (nSPS) is 16.4. The first kappa shape index (κ1) is 10.9. The third kappa shape index (κ3) is 2.13. The van der Waals surface area contributed by atoms with Gasteiger partial charge in [0.15, 0.2) is 11.5 Å². The van der Waals surface area contributed by atoms with Crippen LogP contribution in [0, 0.1) is 0 Å². The molecule has 0 amide bonds. The van der Waals surface area contributed by atoms with Crippen molar-refractivity contribution < 1.29 is 9.47 Å². The summed E-state index contributed by atoms with van der Waals surface area (Å²) in [7, 11) is 3.32. The molecule has 0 spiro atoms. The van der Waals surface area contributed by atoms with Gasteiger partial charge in [-0.15, -0.1) is 0 Å². The Morgan fingerprint density at radius 2 is 1.81 bits per heavy atom. The molecule has 0 atom stereocenters. The molecular formula is C13H17NO2. The number of methoxy groups -OCH3 is 2. The molecule has 0 aromatic heterocycles. The van der Waals surface area contributed by atoms with E-state index < -0.39 is 0 Å². The van der Waals surface area contributed by atoms with Crippen LogP contribution < -0.4 is 14.8 Å². The van der Waals surface area contributed by atoms with Crippen molar-refractivity contribution in [3.63, 3.8) is 0 Å². The molecule has 86 valence electrons. The Kier molecular flexibility index (Phi) is 3.34. The highest BCUT2D eigenvalue weighted by atomic mass is 16.5. The third-order valence-corrected chi connectivity index (χ3v) is 2.74. The molecule has 16 heavy (non-hydrogen) atoms. The van der Waals surface area contributed by atoms with E-state index in [1.807, 2.05) is 12.1 Å². The lowest BCUT2D eigenvalue weighted by atomic mass is 10.1. The summed E-state index contributed by atoms with van der Waals surface area (Å²) in [5.41, 5.74) is 2.38. The molecular weight excluding hydrogens is 202 g/mol. The van der Waals surface area contributed by atoms with E-state index in [4.69, 9.17) is 9.47 Å². The molecule has 0 radical (unpaired) electrons. The van der Waals surface area contributed by atoms with Gasteiger partial charge in [0.25, 0.3) is 0 Å². The minimum Gasteiger partial charge on any atom is -0.493 e. The van der Waals surface area contributed by atoms with Crippen LogP contribution in [0.1, 0.15) is 12.0 Å². The Labute approximate surface area is 96.1 Å². The highest BCUT2D eigenvalue weighted by molar-refractivity contribution is 5.61. The van der Waals surface area contributed by atoms with E-state index in [9.17, 15) is 0 Å². The number of rotatable bonds is 2. The van der Waals surface area contributed by atoms with Gasteiger partial charge in [0.1, 0.15) is 0 Å². The quantitative estimate of drug-likeness (QED) is 0.776. The minimum absolute atomic E-state index is 0.776. The highest BCUT2D eigenvalue weighted by Crippen LogP contribution is 2.34. The minimum atomic E-state index is 0.776. The number of hydrogen-bond donors (Lipinski definition) is 1. The molecule has 1 aromatic carbocycles. The number of fused-ring (bicyclic) bond motifs is 1. The molecule has 0 aliphatic carbocycles. The van der Waals surface area contributed by atoms with E-state index in [0.717, 1.165) is 36.6 Å². The summed E-state index contributed by atoms with van der Waals surface area (Å²) in [4.78, 5) is 0. The van der Waals surface area contributed by atoms with Crippen molar-refractivity contribution >= 4 is 5.69 Å². The lowest BCUT2D eigenvalue weighted by molar-refractivity contribution is 0.355. The summed E-state index contributed by atoms with van der Waals surface area (Å²) < 4.78 is 10.6. The van der Waals surface area contributed by atoms with Gasteiger partial charge in [-0.3, -0.25) is 0 Å². The Balaban J connectivity index is 2.41. The molecule has 3 nitrogen and oxygen atoms in total. The lowest BCUT2D eigenvalue weighted by Crippen LogP contribution is -2.06. The van der Waals surface area contributed by atoms with E-state index in [0.29, 0.717) is 0 Å². The van der Waals surface area contributed by atoms with Gasteiger partial charge < -0.3 is 14.8 Å². The summed E-state index contributed by atoms with van der Waals surface area (Å²) >= 11 is 0. The molecule has 0 saturated heterocycles. The van der Waals surface area contributed by atoms with Gasteiger partial charge in [-0.25, -0.2) is 0 Å². The monoisotopic (exact) mass is 219 g/mol. The first-order chi connectivity index (χ1) is 7.85. The standard InChI is InChI=1S/C13H17NO2/c1-15-12-8-10-6-4-3-5-7-14-11(10)9-13(12)16-2/h3-4,8-9,14H,5-7H2,1-2H3/b4-3-. The lowest BCUT2D eigenvalue weighted by Gasteiger charge is -2.16. The van der Waals surface area contributed by atoms with E-state index >= 15 is 0 Å². The van der Waals surface area contributed by atoms with Gasteiger partial charge >= 0.3 is 0 Å².